The van der Waals surface area contributed by atoms with Crippen molar-refractivity contribution in [3.05, 3.63) is 54.1 Å². The van der Waals surface area contributed by atoms with Crippen LogP contribution in [0.1, 0.15) is 12.0 Å². The summed E-state index contributed by atoms with van der Waals surface area (Å²) in [5.41, 5.74) is 1.43. The molecule has 2 aromatic rings. The van der Waals surface area contributed by atoms with E-state index in [1.54, 1.807) is 18.2 Å². The maximum absolute atomic E-state index is 12.0. The largest absolute Gasteiger partial charge is 0.497 e. The molecule has 0 heterocycles. The lowest BCUT2D eigenvalue weighted by Crippen LogP contribution is -2.27. The predicted octanol–water partition coefficient (Wildman–Crippen LogP) is 2.35. The molecule has 2 N–H and O–H groups in total. The van der Waals surface area contributed by atoms with Gasteiger partial charge in [0.25, 0.3) is 0 Å². The summed E-state index contributed by atoms with van der Waals surface area (Å²) in [5.74, 6) is 0.304. The molecule has 6 heteroatoms. The maximum Gasteiger partial charge on any atom is 0.233 e. The van der Waals surface area contributed by atoms with E-state index in [9.17, 15) is 9.59 Å². The molecule has 0 aliphatic heterocycles. The number of ether oxygens (including phenoxy) is 2. The second-order valence-electron chi connectivity index (χ2n) is 5.05. The van der Waals surface area contributed by atoms with Gasteiger partial charge in [0, 0.05) is 12.6 Å². The van der Waals surface area contributed by atoms with Gasteiger partial charge in [-0.3, -0.25) is 9.59 Å². The van der Waals surface area contributed by atoms with Gasteiger partial charge in [-0.25, -0.2) is 0 Å². The molecule has 126 valence electrons. The van der Waals surface area contributed by atoms with Crippen LogP contribution in [0, 0.1) is 0 Å². The highest BCUT2D eigenvalue weighted by Crippen LogP contribution is 2.28. The van der Waals surface area contributed by atoms with Crippen LogP contribution < -0.4 is 20.1 Å². The highest BCUT2D eigenvalue weighted by atomic mass is 16.5. The van der Waals surface area contributed by atoms with Crippen LogP contribution in [0.15, 0.2) is 48.5 Å². The zero-order chi connectivity index (χ0) is 17.4. The van der Waals surface area contributed by atoms with Crippen molar-refractivity contribution in [3.63, 3.8) is 0 Å². The number of carbonyl (C=O) groups is 2. The van der Waals surface area contributed by atoms with Crippen molar-refractivity contribution in [1.29, 1.82) is 0 Å². The van der Waals surface area contributed by atoms with E-state index in [-0.39, 0.29) is 12.3 Å². The number of carbonyl (C=O) groups excluding carboxylic acids is 2. The van der Waals surface area contributed by atoms with E-state index in [0.717, 1.165) is 5.56 Å². The van der Waals surface area contributed by atoms with Crippen molar-refractivity contribution in [2.45, 2.75) is 13.0 Å². The van der Waals surface area contributed by atoms with E-state index in [2.05, 4.69) is 10.6 Å². The highest BCUT2D eigenvalue weighted by Gasteiger charge is 2.13. The lowest BCUT2D eigenvalue weighted by atomic mass is 10.2. The van der Waals surface area contributed by atoms with Crippen molar-refractivity contribution in [3.8, 4) is 11.5 Å². The molecule has 0 aliphatic rings. The van der Waals surface area contributed by atoms with E-state index in [0.29, 0.717) is 23.7 Å². The Hall–Kier alpha value is -3.02. The Morgan fingerprint density at radius 2 is 1.71 bits per heavy atom. The zero-order valence-corrected chi connectivity index (χ0v) is 13.7. The quantitative estimate of drug-likeness (QED) is 0.765. The number of methoxy groups -OCH3 is 2. The van der Waals surface area contributed by atoms with Crippen LogP contribution >= 0.6 is 0 Å². The first-order valence-corrected chi connectivity index (χ1v) is 7.45. The summed E-state index contributed by atoms with van der Waals surface area (Å²) in [4.78, 5) is 23.9. The molecule has 0 bridgehead atoms. The van der Waals surface area contributed by atoms with Gasteiger partial charge < -0.3 is 20.1 Å². The second kappa shape index (κ2) is 8.57. The minimum absolute atomic E-state index is 0.271. The van der Waals surface area contributed by atoms with Crippen molar-refractivity contribution in [2.75, 3.05) is 19.5 Å². The number of benzene rings is 2. The fraction of sp³-hybridized carbons (Fsp3) is 0.222. The van der Waals surface area contributed by atoms with E-state index in [1.165, 1.54) is 14.2 Å². The first-order chi connectivity index (χ1) is 11.6. The van der Waals surface area contributed by atoms with Crippen LogP contribution in [0.5, 0.6) is 11.5 Å². The Morgan fingerprint density at radius 1 is 0.958 bits per heavy atom. The van der Waals surface area contributed by atoms with Crippen LogP contribution in [-0.2, 0) is 16.1 Å². The van der Waals surface area contributed by atoms with Crippen LogP contribution in [0.2, 0.25) is 0 Å². The Bertz CT molecular complexity index is 701. The molecule has 0 aliphatic carbocycles. The summed E-state index contributed by atoms with van der Waals surface area (Å²) in [6.45, 7) is 0.384. The average Bonchev–Trinajstić information content (AvgIpc) is 2.60. The first kappa shape index (κ1) is 17.3. The molecular weight excluding hydrogens is 308 g/mol. The van der Waals surface area contributed by atoms with Crippen molar-refractivity contribution >= 4 is 17.5 Å². The monoisotopic (exact) mass is 328 g/mol. The normalized spacial score (nSPS) is 9.92. The third kappa shape index (κ3) is 5.01. The number of hydrogen-bond acceptors (Lipinski definition) is 4. The molecule has 0 aromatic heterocycles. The molecule has 0 fully saturated rings. The minimum Gasteiger partial charge on any atom is -0.497 e. The van der Waals surface area contributed by atoms with Gasteiger partial charge in [0.15, 0.2) is 0 Å². The first-order valence-electron chi connectivity index (χ1n) is 7.45. The average molecular weight is 328 g/mol. The van der Waals surface area contributed by atoms with E-state index >= 15 is 0 Å². The third-order valence-electron chi connectivity index (χ3n) is 3.33. The number of anilines is 1. The van der Waals surface area contributed by atoms with Gasteiger partial charge in [0.1, 0.15) is 17.9 Å². The molecular formula is C18H20N2O4. The molecule has 2 aromatic carbocycles. The Balaban J connectivity index is 1.89. The van der Waals surface area contributed by atoms with Gasteiger partial charge in [-0.15, -0.1) is 0 Å². The molecule has 6 nitrogen and oxygen atoms in total. The molecule has 2 amide bonds. The summed E-state index contributed by atoms with van der Waals surface area (Å²) in [5, 5.41) is 5.37. The standard InChI is InChI=1S/C18H20N2O4/c1-23-14-8-9-16(24-2)15(10-14)20-18(22)11-17(21)19-12-13-6-4-3-5-7-13/h3-10H,11-12H2,1-2H3,(H,19,21)(H,20,22). The van der Waals surface area contributed by atoms with Crippen LogP contribution in [0.3, 0.4) is 0 Å². The predicted molar refractivity (Wildman–Crippen MR) is 91.1 cm³/mol. The van der Waals surface area contributed by atoms with Crippen molar-refractivity contribution in [1.82, 2.24) is 5.32 Å². The van der Waals surface area contributed by atoms with Gasteiger partial charge in [-0.1, -0.05) is 30.3 Å². The minimum atomic E-state index is -0.424. The van der Waals surface area contributed by atoms with Crippen LogP contribution in [0.4, 0.5) is 5.69 Å². The Morgan fingerprint density at radius 3 is 2.38 bits per heavy atom. The zero-order valence-electron chi connectivity index (χ0n) is 13.7. The highest BCUT2D eigenvalue weighted by molar-refractivity contribution is 6.04. The van der Waals surface area contributed by atoms with Crippen molar-refractivity contribution in [2.24, 2.45) is 0 Å². The summed E-state index contributed by atoms with van der Waals surface area (Å²) in [6.07, 6.45) is -0.271. The van der Waals surface area contributed by atoms with Crippen LogP contribution in [-0.4, -0.2) is 26.0 Å². The fourth-order valence-corrected chi connectivity index (χ4v) is 2.11. The second-order valence-corrected chi connectivity index (χ2v) is 5.05. The number of hydrogen-bond donors (Lipinski definition) is 2. The molecule has 0 atom stereocenters. The third-order valence-corrected chi connectivity index (χ3v) is 3.33. The van der Waals surface area contributed by atoms with Gasteiger partial charge in [-0.2, -0.15) is 0 Å². The van der Waals surface area contributed by atoms with Gasteiger partial charge in [0.2, 0.25) is 11.8 Å². The summed E-state index contributed by atoms with van der Waals surface area (Å²) in [7, 11) is 3.04. The molecule has 2 rings (SSSR count). The molecule has 0 saturated carbocycles. The lowest BCUT2D eigenvalue weighted by Gasteiger charge is -2.12. The topological polar surface area (TPSA) is 76.7 Å². The molecule has 0 unspecified atom stereocenters. The van der Waals surface area contributed by atoms with E-state index in [4.69, 9.17) is 9.47 Å². The van der Waals surface area contributed by atoms with Crippen LogP contribution in [0.25, 0.3) is 0 Å². The summed E-state index contributed by atoms with van der Waals surface area (Å²) >= 11 is 0. The SMILES string of the molecule is COc1ccc(OC)c(NC(=O)CC(=O)NCc2ccccc2)c1. The Kier molecular flexibility index (Phi) is 6.19. The number of nitrogens with one attached hydrogen (secondary N) is 2. The van der Waals surface area contributed by atoms with Gasteiger partial charge >= 0.3 is 0 Å². The number of amides is 2. The molecule has 0 spiro atoms. The smallest absolute Gasteiger partial charge is 0.233 e. The lowest BCUT2D eigenvalue weighted by molar-refractivity contribution is -0.126. The number of rotatable bonds is 7. The van der Waals surface area contributed by atoms with E-state index in [1.807, 2.05) is 30.3 Å². The molecule has 0 saturated heterocycles. The van der Waals surface area contributed by atoms with Gasteiger partial charge in [-0.05, 0) is 17.7 Å². The van der Waals surface area contributed by atoms with Crippen molar-refractivity contribution < 1.29 is 19.1 Å². The summed E-state index contributed by atoms with van der Waals surface area (Å²) in [6, 6.07) is 14.5. The fourth-order valence-electron chi connectivity index (χ4n) is 2.11. The van der Waals surface area contributed by atoms with Gasteiger partial charge in [0.05, 0.1) is 19.9 Å². The Labute approximate surface area is 140 Å². The molecule has 0 radical (unpaired) electrons. The summed E-state index contributed by atoms with van der Waals surface area (Å²) < 4.78 is 10.3. The molecule has 24 heavy (non-hydrogen) atoms. The maximum atomic E-state index is 12.0. The van der Waals surface area contributed by atoms with E-state index < -0.39 is 5.91 Å².